The molecule has 6 nitrogen and oxygen atoms in total. The molecule has 0 aliphatic carbocycles. The largest absolute Gasteiger partial charge is 0.454 e. The lowest BCUT2D eigenvalue weighted by molar-refractivity contribution is 0.102. The highest BCUT2D eigenvalue weighted by Crippen LogP contribution is 2.35. The number of benzene rings is 3. The van der Waals surface area contributed by atoms with Gasteiger partial charge in [-0.1, -0.05) is 47.6 Å². The number of ether oxygens (including phenoxy) is 2. The minimum absolute atomic E-state index is 0.0781. The van der Waals surface area contributed by atoms with E-state index in [0.717, 1.165) is 0 Å². The average Bonchev–Trinajstić information content (AvgIpc) is 3.44. The van der Waals surface area contributed by atoms with Crippen LogP contribution in [0.5, 0.6) is 11.5 Å². The van der Waals surface area contributed by atoms with Crippen molar-refractivity contribution in [2.45, 2.75) is 5.16 Å². The van der Waals surface area contributed by atoms with Crippen LogP contribution in [0.15, 0.2) is 71.9 Å². The molecule has 1 aliphatic heterocycles. The molecule has 0 spiro atoms. The lowest BCUT2D eigenvalue weighted by Crippen LogP contribution is -2.06. The van der Waals surface area contributed by atoms with Crippen molar-refractivity contribution in [3.05, 3.63) is 83.1 Å². The third kappa shape index (κ3) is 3.83. The Bertz CT molecular complexity index is 1330. The standard InChI is InChI=1S/C23H15ClFN3O3S/c24-16-6-2-1-5-15(16)22-26-27-23(28(22)18-8-4-3-7-17(18)25)32-12-19(29)14-9-10-20-21(11-14)31-13-30-20/h1-11H,12-13H2. The van der Waals surface area contributed by atoms with E-state index in [2.05, 4.69) is 10.2 Å². The molecule has 1 aromatic heterocycles. The Kier molecular flexibility index (Phi) is 5.55. The topological polar surface area (TPSA) is 66.2 Å². The quantitative estimate of drug-likeness (QED) is 0.278. The van der Waals surface area contributed by atoms with Gasteiger partial charge in [0.2, 0.25) is 6.79 Å². The van der Waals surface area contributed by atoms with Gasteiger partial charge >= 0.3 is 0 Å². The summed E-state index contributed by atoms with van der Waals surface area (Å²) in [4.78, 5) is 12.8. The van der Waals surface area contributed by atoms with Gasteiger partial charge in [-0.3, -0.25) is 9.36 Å². The van der Waals surface area contributed by atoms with E-state index < -0.39 is 5.82 Å². The van der Waals surface area contributed by atoms with E-state index in [1.54, 1.807) is 59.2 Å². The summed E-state index contributed by atoms with van der Waals surface area (Å²) in [6.45, 7) is 0.137. The third-order valence-electron chi connectivity index (χ3n) is 4.87. The summed E-state index contributed by atoms with van der Waals surface area (Å²) in [7, 11) is 0. The van der Waals surface area contributed by atoms with E-state index in [1.807, 2.05) is 6.07 Å². The van der Waals surface area contributed by atoms with Crippen LogP contribution in [0.2, 0.25) is 5.02 Å². The molecule has 160 valence electrons. The molecule has 0 unspecified atom stereocenters. The fraction of sp³-hybridized carbons (Fsp3) is 0.0870. The van der Waals surface area contributed by atoms with E-state index in [9.17, 15) is 9.18 Å². The van der Waals surface area contributed by atoms with Crippen LogP contribution in [-0.4, -0.2) is 33.1 Å². The first-order valence-electron chi connectivity index (χ1n) is 9.62. The average molecular weight is 468 g/mol. The molecule has 2 heterocycles. The van der Waals surface area contributed by atoms with Crippen molar-refractivity contribution in [3.8, 4) is 28.6 Å². The Morgan fingerprint density at radius 2 is 1.81 bits per heavy atom. The lowest BCUT2D eigenvalue weighted by atomic mass is 10.1. The van der Waals surface area contributed by atoms with Gasteiger partial charge in [-0.2, -0.15) is 0 Å². The summed E-state index contributed by atoms with van der Waals surface area (Å²) in [6.07, 6.45) is 0. The maximum absolute atomic E-state index is 14.7. The molecule has 0 saturated carbocycles. The minimum Gasteiger partial charge on any atom is -0.454 e. The monoisotopic (exact) mass is 467 g/mol. The van der Waals surface area contributed by atoms with Crippen LogP contribution >= 0.6 is 23.4 Å². The van der Waals surface area contributed by atoms with Gasteiger partial charge in [-0.15, -0.1) is 10.2 Å². The number of hydrogen-bond acceptors (Lipinski definition) is 6. The van der Waals surface area contributed by atoms with Gasteiger partial charge in [-0.25, -0.2) is 4.39 Å². The van der Waals surface area contributed by atoms with E-state index in [-0.39, 0.29) is 24.0 Å². The molecular formula is C23H15ClFN3O3S. The molecule has 1 aliphatic rings. The molecule has 5 rings (SSSR count). The van der Waals surface area contributed by atoms with Crippen molar-refractivity contribution in [1.82, 2.24) is 14.8 Å². The smallest absolute Gasteiger partial charge is 0.231 e. The van der Waals surface area contributed by atoms with Gasteiger partial charge in [0.15, 0.2) is 28.3 Å². The maximum Gasteiger partial charge on any atom is 0.231 e. The van der Waals surface area contributed by atoms with Crippen molar-refractivity contribution in [2.75, 3.05) is 12.5 Å². The van der Waals surface area contributed by atoms with Gasteiger partial charge in [0.05, 0.1) is 16.5 Å². The number of Topliss-reactive ketones (excluding diaryl/α,β-unsaturated/α-hetero) is 1. The Balaban J connectivity index is 1.48. The number of ketones is 1. The van der Waals surface area contributed by atoms with Gasteiger partial charge in [-0.05, 0) is 42.5 Å². The Labute approximate surface area is 191 Å². The number of thioether (sulfide) groups is 1. The first kappa shape index (κ1) is 20.5. The molecule has 0 radical (unpaired) electrons. The normalized spacial score (nSPS) is 12.2. The summed E-state index contributed by atoms with van der Waals surface area (Å²) in [5.41, 5.74) is 1.37. The van der Waals surface area contributed by atoms with Crippen LogP contribution in [-0.2, 0) is 0 Å². The number of hydrogen-bond donors (Lipinski definition) is 0. The summed E-state index contributed by atoms with van der Waals surface area (Å²) in [5.74, 6) is 1.04. The van der Waals surface area contributed by atoms with Gasteiger partial charge in [0, 0.05) is 11.1 Å². The zero-order chi connectivity index (χ0) is 22.1. The fourth-order valence-electron chi connectivity index (χ4n) is 3.31. The van der Waals surface area contributed by atoms with E-state index >= 15 is 0 Å². The number of carbonyl (C=O) groups is 1. The highest BCUT2D eigenvalue weighted by Gasteiger charge is 2.22. The van der Waals surface area contributed by atoms with Crippen LogP contribution in [0, 0.1) is 5.82 Å². The number of aromatic nitrogens is 3. The minimum atomic E-state index is -0.440. The number of para-hydroxylation sites is 1. The number of carbonyl (C=O) groups excluding carboxylic acids is 1. The molecule has 0 amide bonds. The molecule has 0 atom stereocenters. The number of nitrogens with zero attached hydrogens (tertiary/aromatic N) is 3. The van der Waals surface area contributed by atoms with E-state index in [0.29, 0.717) is 38.6 Å². The van der Waals surface area contributed by atoms with Crippen LogP contribution in [0.4, 0.5) is 4.39 Å². The zero-order valence-corrected chi connectivity index (χ0v) is 18.1. The van der Waals surface area contributed by atoms with Gasteiger partial charge in [0.1, 0.15) is 5.82 Å². The van der Waals surface area contributed by atoms with Crippen molar-refractivity contribution >= 4 is 29.1 Å². The molecule has 9 heteroatoms. The van der Waals surface area contributed by atoms with Crippen molar-refractivity contribution in [1.29, 1.82) is 0 Å². The lowest BCUT2D eigenvalue weighted by Gasteiger charge is -2.12. The Hall–Kier alpha value is -3.36. The first-order valence-corrected chi connectivity index (χ1v) is 11.0. The molecular weight excluding hydrogens is 453 g/mol. The van der Waals surface area contributed by atoms with Gasteiger partial charge in [0.25, 0.3) is 0 Å². The van der Waals surface area contributed by atoms with Crippen LogP contribution in [0.25, 0.3) is 17.1 Å². The van der Waals surface area contributed by atoms with Gasteiger partial charge < -0.3 is 9.47 Å². The van der Waals surface area contributed by atoms with Crippen molar-refractivity contribution in [2.24, 2.45) is 0 Å². The molecule has 0 N–H and O–H groups in total. The predicted molar refractivity (Wildman–Crippen MR) is 119 cm³/mol. The number of halogens is 2. The maximum atomic E-state index is 14.7. The van der Waals surface area contributed by atoms with E-state index in [4.69, 9.17) is 21.1 Å². The second kappa shape index (κ2) is 8.64. The molecule has 3 aromatic carbocycles. The molecule has 0 bridgehead atoms. The highest BCUT2D eigenvalue weighted by atomic mass is 35.5. The SMILES string of the molecule is O=C(CSc1nnc(-c2ccccc2Cl)n1-c1ccccc1F)c1ccc2c(c1)OCO2. The second-order valence-electron chi connectivity index (χ2n) is 6.85. The van der Waals surface area contributed by atoms with Crippen LogP contribution < -0.4 is 9.47 Å². The number of fused-ring (bicyclic) bond motifs is 1. The van der Waals surface area contributed by atoms with Crippen LogP contribution in [0.3, 0.4) is 0 Å². The molecule has 4 aromatic rings. The summed E-state index contributed by atoms with van der Waals surface area (Å²) < 4.78 is 26.9. The molecule has 0 fully saturated rings. The Morgan fingerprint density at radius 3 is 2.66 bits per heavy atom. The second-order valence-corrected chi connectivity index (χ2v) is 8.20. The summed E-state index contributed by atoms with van der Waals surface area (Å²) >= 11 is 7.53. The molecule has 32 heavy (non-hydrogen) atoms. The highest BCUT2D eigenvalue weighted by molar-refractivity contribution is 7.99. The van der Waals surface area contributed by atoms with Crippen molar-refractivity contribution in [3.63, 3.8) is 0 Å². The van der Waals surface area contributed by atoms with E-state index in [1.165, 1.54) is 17.8 Å². The number of rotatable bonds is 6. The Morgan fingerprint density at radius 1 is 1.03 bits per heavy atom. The fourth-order valence-corrected chi connectivity index (χ4v) is 4.37. The first-order chi connectivity index (χ1) is 15.6. The summed E-state index contributed by atoms with van der Waals surface area (Å²) in [6, 6.07) is 18.5. The van der Waals surface area contributed by atoms with Crippen LogP contribution in [0.1, 0.15) is 10.4 Å². The summed E-state index contributed by atoms with van der Waals surface area (Å²) in [5, 5.41) is 9.32. The van der Waals surface area contributed by atoms with Crippen molar-refractivity contribution < 1.29 is 18.7 Å². The zero-order valence-electron chi connectivity index (χ0n) is 16.5. The molecule has 0 saturated heterocycles. The predicted octanol–water partition coefficient (Wildman–Crippen LogP) is 5.43. The third-order valence-corrected chi connectivity index (χ3v) is 6.13.